The molecule has 0 atom stereocenters. The van der Waals surface area contributed by atoms with Crippen LogP contribution in [0.2, 0.25) is 0 Å². The van der Waals surface area contributed by atoms with E-state index in [9.17, 15) is 4.79 Å². The van der Waals surface area contributed by atoms with Gasteiger partial charge in [0.15, 0.2) is 0 Å². The second kappa shape index (κ2) is 7.45. The highest BCUT2D eigenvalue weighted by Gasteiger charge is 2.05. The van der Waals surface area contributed by atoms with Gasteiger partial charge in [-0.3, -0.25) is 0 Å². The molecule has 0 aliphatic carbocycles. The third-order valence-electron chi connectivity index (χ3n) is 2.08. The van der Waals surface area contributed by atoms with E-state index in [4.69, 9.17) is 4.74 Å². The molecule has 0 aromatic carbocycles. The summed E-state index contributed by atoms with van der Waals surface area (Å²) >= 11 is 0. The van der Waals surface area contributed by atoms with Crippen LogP contribution in [-0.4, -0.2) is 37.8 Å². The summed E-state index contributed by atoms with van der Waals surface area (Å²) < 4.78 is 9.97. The number of ether oxygens (including phenoxy) is 2. The molecule has 1 N–H and O–H groups in total. The largest absolute Gasteiger partial charge is 0.465 e. The van der Waals surface area contributed by atoms with Gasteiger partial charge < -0.3 is 14.8 Å². The monoisotopic (exact) mass is 250 g/mol. The van der Waals surface area contributed by atoms with Crippen LogP contribution in [0.15, 0.2) is 30.5 Å². The van der Waals surface area contributed by atoms with Crippen LogP contribution in [0, 0.1) is 0 Å². The van der Waals surface area contributed by atoms with Gasteiger partial charge in [0, 0.05) is 12.7 Å². The maximum Gasteiger partial charge on any atom is 0.338 e. The second-order valence-electron chi connectivity index (χ2n) is 3.86. The molecule has 1 heterocycles. The number of aromatic nitrogens is 1. The quantitative estimate of drug-likeness (QED) is 0.455. The van der Waals surface area contributed by atoms with Crippen LogP contribution in [0.3, 0.4) is 0 Å². The Morgan fingerprint density at radius 2 is 2.33 bits per heavy atom. The van der Waals surface area contributed by atoms with Crippen LogP contribution in [0.25, 0.3) is 0 Å². The van der Waals surface area contributed by atoms with Crippen molar-refractivity contribution < 1.29 is 14.3 Å². The van der Waals surface area contributed by atoms with Gasteiger partial charge in [-0.25, -0.2) is 9.78 Å². The molecule has 0 fully saturated rings. The molecule has 0 aliphatic rings. The third-order valence-corrected chi connectivity index (χ3v) is 2.08. The molecule has 0 amide bonds. The minimum absolute atomic E-state index is 0.376. The number of carbonyl (C=O) groups is 1. The van der Waals surface area contributed by atoms with E-state index in [1.165, 1.54) is 7.11 Å². The lowest BCUT2D eigenvalue weighted by Crippen LogP contribution is -2.12. The minimum atomic E-state index is -0.376. The number of pyridine rings is 1. The van der Waals surface area contributed by atoms with E-state index in [2.05, 4.69) is 21.6 Å². The summed E-state index contributed by atoms with van der Waals surface area (Å²) in [6, 6.07) is 3.25. The Morgan fingerprint density at radius 3 is 3.00 bits per heavy atom. The topological polar surface area (TPSA) is 60.5 Å². The van der Waals surface area contributed by atoms with Gasteiger partial charge in [0.2, 0.25) is 0 Å². The van der Waals surface area contributed by atoms with Crippen molar-refractivity contribution in [3.8, 4) is 0 Å². The smallest absolute Gasteiger partial charge is 0.338 e. The minimum Gasteiger partial charge on any atom is -0.465 e. The summed E-state index contributed by atoms with van der Waals surface area (Å²) in [5.41, 5.74) is 1.46. The van der Waals surface area contributed by atoms with Gasteiger partial charge in [-0.15, -0.1) is 0 Å². The van der Waals surface area contributed by atoms with Gasteiger partial charge in [0.1, 0.15) is 5.82 Å². The van der Waals surface area contributed by atoms with Crippen molar-refractivity contribution in [3.05, 3.63) is 36.0 Å². The summed E-state index contributed by atoms with van der Waals surface area (Å²) in [5, 5.41) is 3.06. The summed E-state index contributed by atoms with van der Waals surface area (Å²) in [7, 11) is 1.35. The standard InChI is InChI=1S/C13H18N2O3/c1-10(2)9-18-7-6-15-12-8-11(4-5-14-12)13(16)17-3/h4-5,8H,1,6-7,9H2,2-3H3,(H,14,15). The molecule has 0 saturated carbocycles. The highest BCUT2D eigenvalue weighted by Crippen LogP contribution is 2.07. The number of nitrogens with zero attached hydrogens (tertiary/aromatic N) is 1. The Morgan fingerprint density at radius 1 is 1.56 bits per heavy atom. The molecule has 1 rings (SSSR count). The highest BCUT2D eigenvalue weighted by molar-refractivity contribution is 5.89. The molecule has 1 aromatic rings. The number of esters is 1. The van der Waals surface area contributed by atoms with Gasteiger partial charge in [-0.05, 0) is 19.1 Å². The first kappa shape index (κ1) is 14.2. The number of methoxy groups -OCH3 is 1. The molecular formula is C13H18N2O3. The van der Waals surface area contributed by atoms with Gasteiger partial charge in [-0.1, -0.05) is 12.2 Å². The molecule has 5 nitrogen and oxygen atoms in total. The molecular weight excluding hydrogens is 232 g/mol. The van der Waals surface area contributed by atoms with E-state index in [0.29, 0.717) is 31.1 Å². The zero-order valence-electron chi connectivity index (χ0n) is 10.7. The lowest BCUT2D eigenvalue weighted by Gasteiger charge is -2.07. The van der Waals surface area contributed by atoms with Crippen LogP contribution in [0.5, 0.6) is 0 Å². The fraction of sp³-hybridized carbons (Fsp3) is 0.385. The Hall–Kier alpha value is -1.88. The van der Waals surface area contributed by atoms with E-state index < -0.39 is 0 Å². The number of anilines is 1. The zero-order valence-corrected chi connectivity index (χ0v) is 10.7. The number of hydrogen-bond donors (Lipinski definition) is 1. The number of carbonyl (C=O) groups excluding carboxylic acids is 1. The second-order valence-corrected chi connectivity index (χ2v) is 3.86. The number of nitrogens with one attached hydrogen (secondary N) is 1. The van der Waals surface area contributed by atoms with Crippen LogP contribution < -0.4 is 5.32 Å². The Bertz CT molecular complexity index is 418. The molecule has 1 aromatic heterocycles. The normalized spacial score (nSPS) is 9.89. The van der Waals surface area contributed by atoms with E-state index in [0.717, 1.165) is 5.57 Å². The summed E-state index contributed by atoms with van der Waals surface area (Å²) in [6.07, 6.45) is 1.56. The Labute approximate surface area is 107 Å². The van der Waals surface area contributed by atoms with Gasteiger partial charge >= 0.3 is 5.97 Å². The number of hydrogen-bond acceptors (Lipinski definition) is 5. The third kappa shape index (κ3) is 4.97. The molecule has 18 heavy (non-hydrogen) atoms. The first-order chi connectivity index (χ1) is 8.63. The van der Waals surface area contributed by atoms with Crippen molar-refractivity contribution in [2.75, 3.05) is 32.2 Å². The van der Waals surface area contributed by atoms with Gasteiger partial charge in [0.05, 0.1) is 25.9 Å². The average Bonchev–Trinajstić information content (AvgIpc) is 2.37. The van der Waals surface area contributed by atoms with Gasteiger partial charge in [0.25, 0.3) is 0 Å². The van der Waals surface area contributed by atoms with Crippen LogP contribution in [0.1, 0.15) is 17.3 Å². The summed E-state index contributed by atoms with van der Waals surface area (Å²) in [4.78, 5) is 15.4. The van der Waals surface area contributed by atoms with Crippen LogP contribution in [-0.2, 0) is 9.47 Å². The maximum absolute atomic E-state index is 11.3. The SMILES string of the molecule is C=C(C)COCCNc1cc(C(=O)OC)ccn1. The maximum atomic E-state index is 11.3. The molecule has 5 heteroatoms. The summed E-state index contributed by atoms with van der Waals surface area (Å²) in [5.74, 6) is 0.246. The molecule has 98 valence electrons. The Kier molecular flexibility index (Phi) is 5.87. The first-order valence-electron chi connectivity index (χ1n) is 5.64. The molecule has 0 unspecified atom stereocenters. The zero-order chi connectivity index (χ0) is 13.4. The predicted octanol–water partition coefficient (Wildman–Crippen LogP) is 1.87. The van der Waals surface area contributed by atoms with Crippen LogP contribution >= 0.6 is 0 Å². The number of rotatable bonds is 7. The lowest BCUT2D eigenvalue weighted by atomic mass is 10.2. The van der Waals surface area contributed by atoms with Crippen molar-refractivity contribution >= 4 is 11.8 Å². The van der Waals surface area contributed by atoms with Crippen molar-refractivity contribution in [1.29, 1.82) is 0 Å². The van der Waals surface area contributed by atoms with E-state index in [1.807, 2.05) is 6.92 Å². The van der Waals surface area contributed by atoms with Gasteiger partial charge in [-0.2, -0.15) is 0 Å². The first-order valence-corrected chi connectivity index (χ1v) is 5.64. The summed E-state index contributed by atoms with van der Waals surface area (Å²) in [6.45, 7) is 7.38. The molecule has 0 aliphatic heterocycles. The predicted molar refractivity (Wildman–Crippen MR) is 69.7 cm³/mol. The fourth-order valence-electron chi connectivity index (χ4n) is 1.27. The molecule has 0 bridgehead atoms. The lowest BCUT2D eigenvalue weighted by molar-refractivity contribution is 0.0600. The van der Waals surface area contributed by atoms with Crippen molar-refractivity contribution in [2.24, 2.45) is 0 Å². The Balaban J connectivity index is 2.38. The van der Waals surface area contributed by atoms with Crippen molar-refractivity contribution in [2.45, 2.75) is 6.92 Å². The molecule has 0 saturated heterocycles. The van der Waals surface area contributed by atoms with E-state index >= 15 is 0 Å². The van der Waals surface area contributed by atoms with Crippen molar-refractivity contribution in [3.63, 3.8) is 0 Å². The van der Waals surface area contributed by atoms with Crippen LogP contribution in [0.4, 0.5) is 5.82 Å². The highest BCUT2D eigenvalue weighted by atomic mass is 16.5. The molecule has 0 spiro atoms. The fourth-order valence-corrected chi connectivity index (χ4v) is 1.27. The average molecular weight is 250 g/mol. The van der Waals surface area contributed by atoms with Crippen molar-refractivity contribution in [1.82, 2.24) is 4.98 Å². The van der Waals surface area contributed by atoms with E-state index in [1.54, 1.807) is 18.3 Å². The molecule has 0 radical (unpaired) electrons. The van der Waals surface area contributed by atoms with E-state index in [-0.39, 0.29) is 5.97 Å².